The molecule has 0 bridgehead atoms. The topological polar surface area (TPSA) is 64.9 Å². The molecule has 0 spiro atoms. The zero-order valence-corrected chi connectivity index (χ0v) is 14.7. The van der Waals surface area contributed by atoms with Crippen molar-refractivity contribution in [1.82, 2.24) is 0 Å². The van der Waals surface area contributed by atoms with Crippen molar-refractivity contribution in [3.63, 3.8) is 0 Å². The summed E-state index contributed by atoms with van der Waals surface area (Å²) in [5.41, 5.74) is 3.21. The van der Waals surface area contributed by atoms with E-state index in [1.165, 1.54) is 6.20 Å². The van der Waals surface area contributed by atoms with Crippen LogP contribution < -0.4 is 10.6 Å². The molecule has 0 heterocycles. The summed E-state index contributed by atoms with van der Waals surface area (Å²) in [6, 6.07) is 12.4. The number of nitrogens with one attached hydrogen (secondary N) is 2. The Hall–Kier alpha value is -2.48. The van der Waals surface area contributed by atoms with Gasteiger partial charge in [-0.3, -0.25) is 4.79 Å². The van der Waals surface area contributed by atoms with E-state index in [0.717, 1.165) is 11.1 Å². The first-order valence-electron chi connectivity index (χ1n) is 7.10. The Morgan fingerprint density at radius 3 is 2.38 bits per heavy atom. The number of halogens is 2. The van der Waals surface area contributed by atoms with Crippen LogP contribution in [0.1, 0.15) is 11.1 Å². The minimum atomic E-state index is -0.495. The van der Waals surface area contributed by atoms with Gasteiger partial charge in [0.15, 0.2) is 0 Å². The molecule has 2 rings (SSSR count). The number of hydrogen-bond donors (Lipinski definition) is 2. The van der Waals surface area contributed by atoms with E-state index in [0.29, 0.717) is 21.4 Å². The van der Waals surface area contributed by atoms with Gasteiger partial charge in [-0.25, -0.2) is 0 Å². The summed E-state index contributed by atoms with van der Waals surface area (Å²) in [6.45, 7) is 3.86. The molecule has 0 saturated heterocycles. The van der Waals surface area contributed by atoms with E-state index in [4.69, 9.17) is 23.2 Å². The number of nitriles is 1. The molecule has 0 aliphatic heterocycles. The van der Waals surface area contributed by atoms with Crippen LogP contribution in [0.5, 0.6) is 0 Å². The van der Waals surface area contributed by atoms with E-state index in [1.807, 2.05) is 38.1 Å². The minimum absolute atomic E-state index is 0.0638. The second kappa shape index (κ2) is 7.87. The SMILES string of the molecule is Cc1ccc(NC(=O)/C(C#N)=C\Nc2cc(Cl)cc(Cl)c2)c(C)c1. The third-order valence-corrected chi connectivity index (χ3v) is 3.68. The number of benzene rings is 2. The van der Waals surface area contributed by atoms with Gasteiger partial charge in [-0.05, 0) is 43.7 Å². The molecule has 0 aromatic heterocycles. The predicted molar refractivity (Wildman–Crippen MR) is 98.3 cm³/mol. The molecule has 0 radical (unpaired) electrons. The second-order valence-corrected chi connectivity index (χ2v) is 6.12. The molecule has 0 aliphatic rings. The van der Waals surface area contributed by atoms with Gasteiger partial charge in [0, 0.05) is 27.6 Å². The van der Waals surface area contributed by atoms with Crippen LogP contribution in [0, 0.1) is 25.2 Å². The molecular weight excluding hydrogens is 345 g/mol. The highest BCUT2D eigenvalue weighted by Crippen LogP contribution is 2.22. The maximum Gasteiger partial charge on any atom is 0.267 e. The molecule has 4 nitrogen and oxygen atoms in total. The van der Waals surface area contributed by atoms with Crippen LogP contribution in [0.3, 0.4) is 0 Å². The Morgan fingerprint density at radius 2 is 1.79 bits per heavy atom. The zero-order valence-electron chi connectivity index (χ0n) is 13.2. The first-order valence-corrected chi connectivity index (χ1v) is 7.86. The molecule has 0 unspecified atom stereocenters. The summed E-state index contributed by atoms with van der Waals surface area (Å²) >= 11 is 11.8. The highest BCUT2D eigenvalue weighted by Gasteiger charge is 2.11. The van der Waals surface area contributed by atoms with E-state index in [9.17, 15) is 10.1 Å². The standard InChI is InChI=1S/C18H15Cl2N3O/c1-11-3-4-17(12(2)5-11)23-18(24)13(9-21)10-22-16-7-14(19)6-15(20)8-16/h3-8,10,22H,1-2H3,(H,23,24)/b13-10-. The fourth-order valence-corrected chi connectivity index (χ4v) is 2.61. The van der Waals surface area contributed by atoms with Crippen molar-refractivity contribution in [2.24, 2.45) is 0 Å². The van der Waals surface area contributed by atoms with E-state index in [-0.39, 0.29) is 5.57 Å². The van der Waals surface area contributed by atoms with Gasteiger partial charge in [0.25, 0.3) is 5.91 Å². The Morgan fingerprint density at radius 1 is 1.12 bits per heavy atom. The average Bonchev–Trinajstić information content (AvgIpc) is 2.50. The maximum atomic E-state index is 12.2. The Balaban J connectivity index is 2.15. The van der Waals surface area contributed by atoms with Crippen molar-refractivity contribution in [1.29, 1.82) is 5.26 Å². The van der Waals surface area contributed by atoms with Crippen LogP contribution in [-0.4, -0.2) is 5.91 Å². The molecule has 2 aromatic rings. The summed E-state index contributed by atoms with van der Waals surface area (Å²) in [5.74, 6) is -0.495. The highest BCUT2D eigenvalue weighted by atomic mass is 35.5. The lowest BCUT2D eigenvalue weighted by molar-refractivity contribution is -0.112. The zero-order chi connectivity index (χ0) is 17.7. The average molecular weight is 360 g/mol. The van der Waals surface area contributed by atoms with Gasteiger partial charge >= 0.3 is 0 Å². The number of carbonyl (C=O) groups is 1. The number of anilines is 2. The van der Waals surface area contributed by atoms with Gasteiger partial charge < -0.3 is 10.6 Å². The molecule has 2 N–H and O–H groups in total. The normalized spacial score (nSPS) is 10.9. The van der Waals surface area contributed by atoms with Crippen molar-refractivity contribution >= 4 is 40.5 Å². The summed E-state index contributed by atoms with van der Waals surface area (Å²) < 4.78 is 0. The third-order valence-electron chi connectivity index (χ3n) is 3.24. The first kappa shape index (κ1) is 17.9. The summed E-state index contributed by atoms with van der Waals surface area (Å²) in [7, 11) is 0. The molecule has 0 aliphatic carbocycles. The van der Waals surface area contributed by atoms with Gasteiger partial charge in [0.05, 0.1) is 0 Å². The second-order valence-electron chi connectivity index (χ2n) is 5.24. The summed E-state index contributed by atoms with van der Waals surface area (Å²) in [5, 5.41) is 15.7. The van der Waals surface area contributed by atoms with Crippen LogP contribution in [0.25, 0.3) is 0 Å². The van der Waals surface area contributed by atoms with E-state index >= 15 is 0 Å². The number of nitrogens with zero attached hydrogens (tertiary/aromatic N) is 1. The van der Waals surface area contributed by atoms with Gasteiger partial charge in [0.2, 0.25) is 0 Å². The lowest BCUT2D eigenvalue weighted by Gasteiger charge is -2.09. The van der Waals surface area contributed by atoms with Gasteiger partial charge in [-0.15, -0.1) is 0 Å². The fourth-order valence-electron chi connectivity index (χ4n) is 2.08. The smallest absolute Gasteiger partial charge is 0.267 e. The Bertz CT molecular complexity index is 834. The quantitative estimate of drug-likeness (QED) is 0.591. The van der Waals surface area contributed by atoms with E-state index < -0.39 is 5.91 Å². The predicted octanol–water partition coefficient (Wildman–Crippen LogP) is 5.07. The molecule has 1 amide bonds. The summed E-state index contributed by atoms with van der Waals surface area (Å²) in [4.78, 5) is 12.2. The number of amides is 1. The monoisotopic (exact) mass is 359 g/mol. The molecule has 0 fully saturated rings. The van der Waals surface area contributed by atoms with Crippen molar-refractivity contribution in [2.45, 2.75) is 13.8 Å². The van der Waals surface area contributed by atoms with E-state index in [2.05, 4.69) is 10.6 Å². The van der Waals surface area contributed by atoms with Crippen molar-refractivity contribution in [2.75, 3.05) is 10.6 Å². The molecule has 0 atom stereocenters. The molecule has 2 aromatic carbocycles. The van der Waals surface area contributed by atoms with Crippen molar-refractivity contribution in [3.05, 3.63) is 69.3 Å². The fraction of sp³-hybridized carbons (Fsp3) is 0.111. The number of hydrogen-bond acceptors (Lipinski definition) is 3. The van der Waals surface area contributed by atoms with Gasteiger partial charge in [0.1, 0.15) is 11.6 Å². The third kappa shape index (κ3) is 4.76. The number of carbonyl (C=O) groups excluding carboxylic acids is 1. The largest absolute Gasteiger partial charge is 0.360 e. The Labute approximate surface area is 150 Å². The lowest BCUT2D eigenvalue weighted by Crippen LogP contribution is -2.15. The molecular formula is C18H15Cl2N3O. The lowest BCUT2D eigenvalue weighted by atomic mass is 10.1. The molecule has 24 heavy (non-hydrogen) atoms. The maximum absolute atomic E-state index is 12.2. The van der Waals surface area contributed by atoms with Gasteiger partial charge in [-0.1, -0.05) is 40.9 Å². The highest BCUT2D eigenvalue weighted by molar-refractivity contribution is 6.35. The molecule has 122 valence electrons. The van der Waals surface area contributed by atoms with Crippen LogP contribution in [-0.2, 0) is 4.79 Å². The minimum Gasteiger partial charge on any atom is -0.360 e. The number of rotatable bonds is 4. The van der Waals surface area contributed by atoms with Crippen molar-refractivity contribution in [3.8, 4) is 6.07 Å². The van der Waals surface area contributed by atoms with Gasteiger partial charge in [-0.2, -0.15) is 5.26 Å². The van der Waals surface area contributed by atoms with Crippen LogP contribution in [0.4, 0.5) is 11.4 Å². The van der Waals surface area contributed by atoms with Crippen molar-refractivity contribution < 1.29 is 4.79 Å². The first-order chi connectivity index (χ1) is 11.4. The van der Waals surface area contributed by atoms with Crippen LogP contribution in [0.15, 0.2) is 48.2 Å². The van der Waals surface area contributed by atoms with Crippen LogP contribution in [0.2, 0.25) is 10.0 Å². The molecule has 0 saturated carbocycles. The summed E-state index contributed by atoms with van der Waals surface area (Å²) in [6.07, 6.45) is 1.32. The van der Waals surface area contributed by atoms with E-state index in [1.54, 1.807) is 18.2 Å². The number of aryl methyl sites for hydroxylation is 2. The Kier molecular flexibility index (Phi) is 5.86. The molecule has 6 heteroatoms. The van der Waals surface area contributed by atoms with Crippen LogP contribution >= 0.6 is 23.2 Å².